The lowest BCUT2D eigenvalue weighted by Crippen LogP contribution is -2.47. The maximum Gasteiger partial charge on any atom is 0.309 e. The minimum absolute atomic E-state index is 0.148. The average molecular weight is 520 g/mol. The fraction of sp³-hybridized carbons (Fsp3) is 0.440. The lowest BCUT2D eigenvalue weighted by molar-refractivity contribution is -0.139. The molecule has 1 unspecified atom stereocenters. The SMILES string of the molecule is COc1ccc(CCNC(=O)C(=O)NCC2OCCN2S(=O)(=O)c2c(C)cc(C)cc2C)cc1OC. The third kappa shape index (κ3) is 6.15. The van der Waals surface area contributed by atoms with E-state index in [4.69, 9.17) is 14.2 Å². The molecule has 2 amide bonds. The van der Waals surface area contributed by atoms with E-state index in [1.54, 1.807) is 33.1 Å². The standard InChI is InChI=1S/C25H33N3O7S/c1-16-12-17(2)23(18(3)13-16)36(31,32)28-10-11-35-22(28)15-27-25(30)24(29)26-9-8-19-6-7-20(33-4)21(14-19)34-5/h6-7,12-14,22H,8-11,15H2,1-5H3,(H,26,29)(H,27,30). The molecule has 2 aromatic carbocycles. The minimum atomic E-state index is -3.85. The molecule has 0 saturated carbocycles. The number of ether oxygens (including phenoxy) is 3. The highest BCUT2D eigenvalue weighted by atomic mass is 32.2. The summed E-state index contributed by atoms with van der Waals surface area (Å²) in [7, 11) is -0.766. The van der Waals surface area contributed by atoms with Crippen LogP contribution in [0.1, 0.15) is 22.3 Å². The summed E-state index contributed by atoms with van der Waals surface area (Å²) < 4.78 is 44.0. The summed E-state index contributed by atoms with van der Waals surface area (Å²) in [6.45, 7) is 5.86. The fourth-order valence-corrected chi connectivity index (χ4v) is 6.26. The summed E-state index contributed by atoms with van der Waals surface area (Å²) in [6.07, 6.45) is -0.426. The van der Waals surface area contributed by atoms with E-state index < -0.39 is 28.1 Å². The van der Waals surface area contributed by atoms with Crippen LogP contribution in [0.15, 0.2) is 35.2 Å². The van der Waals surface area contributed by atoms with E-state index >= 15 is 0 Å². The van der Waals surface area contributed by atoms with Crippen LogP contribution in [-0.4, -0.2) is 71.2 Å². The first-order valence-electron chi connectivity index (χ1n) is 11.6. The van der Waals surface area contributed by atoms with Crippen LogP contribution in [0.25, 0.3) is 0 Å². The minimum Gasteiger partial charge on any atom is -0.493 e. The summed E-state index contributed by atoms with van der Waals surface area (Å²) in [4.78, 5) is 24.8. The summed E-state index contributed by atoms with van der Waals surface area (Å²) in [5, 5.41) is 5.04. The predicted molar refractivity (Wildman–Crippen MR) is 134 cm³/mol. The van der Waals surface area contributed by atoms with E-state index in [0.717, 1.165) is 11.1 Å². The Kier molecular flexibility index (Phi) is 8.93. The highest BCUT2D eigenvalue weighted by Crippen LogP contribution is 2.29. The second kappa shape index (κ2) is 11.7. The van der Waals surface area contributed by atoms with E-state index in [1.807, 2.05) is 25.1 Å². The van der Waals surface area contributed by atoms with Crippen molar-refractivity contribution in [1.29, 1.82) is 0 Å². The van der Waals surface area contributed by atoms with Crippen LogP contribution in [0.5, 0.6) is 11.5 Å². The number of carbonyl (C=O) groups is 2. The van der Waals surface area contributed by atoms with Gasteiger partial charge in [0, 0.05) is 13.1 Å². The molecule has 1 aliphatic heterocycles. The average Bonchev–Trinajstić information content (AvgIpc) is 3.31. The Morgan fingerprint density at radius 3 is 2.28 bits per heavy atom. The van der Waals surface area contributed by atoms with Gasteiger partial charge in [0.15, 0.2) is 11.5 Å². The molecule has 1 fully saturated rings. The molecule has 0 aromatic heterocycles. The molecule has 2 aromatic rings. The molecule has 3 rings (SSSR count). The summed E-state index contributed by atoms with van der Waals surface area (Å²) in [5.74, 6) is -0.500. The van der Waals surface area contributed by atoms with E-state index in [-0.39, 0.29) is 31.1 Å². The van der Waals surface area contributed by atoms with Gasteiger partial charge in [-0.15, -0.1) is 0 Å². The number of hydrogen-bond acceptors (Lipinski definition) is 7. The van der Waals surface area contributed by atoms with E-state index in [1.165, 1.54) is 11.4 Å². The monoisotopic (exact) mass is 519 g/mol. The fourth-order valence-electron chi connectivity index (χ4n) is 4.33. The zero-order valence-corrected chi connectivity index (χ0v) is 22.0. The first kappa shape index (κ1) is 27.4. The number of nitrogens with one attached hydrogen (secondary N) is 2. The molecule has 2 N–H and O–H groups in total. The van der Waals surface area contributed by atoms with E-state index in [9.17, 15) is 18.0 Å². The van der Waals surface area contributed by atoms with E-state index in [2.05, 4.69) is 10.6 Å². The molecular formula is C25H33N3O7S. The van der Waals surface area contributed by atoms with Gasteiger partial charge in [-0.05, 0) is 56.0 Å². The van der Waals surface area contributed by atoms with Crippen molar-refractivity contribution in [2.75, 3.05) is 40.5 Å². The maximum absolute atomic E-state index is 13.4. The Balaban J connectivity index is 1.55. The largest absolute Gasteiger partial charge is 0.493 e. The quantitative estimate of drug-likeness (QED) is 0.481. The summed E-state index contributed by atoms with van der Waals surface area (Å²) in [6, 6.07) is 9.05. The van der Waals surface area contributed by atoms with Crippen molar-refractivity contribution < 1.29 is 32.2 Å². The molecular weight excluding hydrogens is 486 g/mol. The topological polar surface area (TPSA) is 123 Å². The second-order valence-electron chi connectivity index (χ2n) is 8.57. The van der Waals surface area contributed by atoms with Gasteiger partial charge in [0.25, 0.3) is 0 Å². The highest BCUT2D eigenvalue weighted by molar-refractivity contribution is 7.89. The first-order chi connectivity index (χ1) is 17.1. The van der Waals surface area contributed by atoms with Crippen molar-refractivity contribution in [3.8, 4) is 11.5 Å². The predicted octanol–water partition coefficient (Wildman–Crippen LogP) is 1.45. The molecule has 1 saturated heterocycles. The van der Waals surface area contributed by atoms with Gasteiger partial charge < -0.3 is 24.8 Å². The maximum atomic E-state index is 13.4. The Morgan fingerprint density at radius 1 is 1.00 bits per heavy atom. The van der Waals surface area contributed by atoms with Crippen molar-refractivity contribution in [2.24, 2.45) is 0 Å². The van der Waals surface area contributed by atoms with Gasteiger partial charge in [-0.25, -0.2) is 8.42 Å². The van der Waals surface area contributed by atoms with Gasteiger partial charge in [0.1, 0.15) is 6.23 Å². The molecule has 0 aliphatic carbocycles. The molecule has 10 nitrogen and oxygen atoms in total. The highest BCUT2D eigenvalue weighted by Gasteiger charge is 2.38. The van der Waals surface area contributed by atoms with Crippen molar-refractivity contribution in [3.05, 3.63) is 52.6 Å². The van der Waals surface area contributed by atoms with Crippen molar-refractivity contribution in [1.82, 2.24) is 14.9 Å². The summed E-state index contributed by atoms with van der Waals surface area (Å²) >= 11 is 0. The zero-order chi connectivity index (χ0) is 26.5. The molecule has 1 heterocycles. The van der Waals surface area contributed by atoms with Crippen LogP contribution in [0.4, 0.5) is 0 Å². The molecule has 1 atom stereocenters. The Labute approximate surface area is 212 Å². The molecule has 11 heteroatoms. The van der Waals surface area contributed by atoms with E-state index in [0.29, 0.717) is 29.0 Å². The zero-order valence-electron chi connectivity index (χ0n) is 21.2. The number of sulfonamides is 1. The summed E-state index contributed by atoms with van der Waals surface area (Å²) in [5.41, 5.74) is 3.17. The molecule has 36 heavy (non-hydrogen) atoms. The Bertz CT molecular complexity index is 1210. The second-order valence-corrected chi connectivity index (χ2v) is 10.4. The van der Waals surface area contributed by atoms with Crippen LogP contribution in [-0.2, 0) is 30.8 Å². The molecule has 196 valence electrons. The third-order valence-electron chi connectivity index (χ3n) is 5.91. The van der Waals surface area contributed by atoms with Gasteiger partial charge >= 0.3 is 11.8 Å². The van der Waals surface area contributed by atoms with Crippen molar-refractivity contribution in [3.63, 3.8) is 0 Å². The smallest absolute Gasteiger partial charge is 0.309 e. The van der Waals surface area contributed by atoms with Gasteiger partial charge in [-0.2, -0.15) is 4.31 Å². The third-order valence-corrected chi connectivity index (χ3v) is 8.10. The van der Waals surface area contributed by atoms with Gasteiger partial charge in [-0.3, -0.25) is 9.59 Å². The number of carbonyl (C=O) groups excluding carboxylic acids is 2. The van der Waals surface area contributed by atoms with Crippen LogP contribution in [0.2, 0.25) is 0 Å². The molecule has 0 spiro atoms. The van der Waals surface area contributed by atoms with Gasteiger partial charge in [0.2, 0.25) is 10.0 Å². The Hall–Kier alpha value is -3.15. The Morgan fingerprint density at radius 2 is 1.64 bits per heavy atom. The van der Waals surface area contributed by atoms with Crippen LogP contribution in [0, 0.1) is 20.8 Å². The number of benzene rings is 2. The van der Waals surface area contributed by atoms with Crippen LogP contribution in [0.3, 0.4) is 0 Å². The van der Waals surface area contributed by atoms with Crippen LogP contribution >= 0.6 is 0 Å². The molecule has 0 bridgehead atoms. The normalized spacial score (nSPS) is 16.0. The molecule has 1 aliphatic rings. The van der Waals surface area contributed by atoms with Crippen molar-refractivity contribution in [2.45, 2.75) is 38.3 Å². The van der Waals surface area contributed by atoms with Crippen molar-refractivity contribution >= 4 is 21.8 Å². The number of rotatable bonds is 9. The molecule has 0 radical (unpaired) electrons. The number of nitrogens with zero attached hydrogens (tertiary/aromatic N) is 1. The van der Waals surface area contributed by atoms with Gasteiger partial charge in [0.05, 0.1) is 32.3 Å². The number of methoxy groups -OCH3 is 2. The van der Waals surface area contributed by atoms with Crippen LogP contribution < -0.4 is 20.1 Å². The lowest BCUT2D eigenvalue weighted by Gasteiger charge is -2.24. The number of amides is 2. The number of hydrogen-bond donors (Lipinski definition) is 2. The lowest BCUT2D eigenvalue weighted by atomic mass is 10.1. The van der Waals surface area contributed by atoms with Gasteiger partial charge in [-0.1, -0.05) is 23.8 Å². The number of aryl methyl sites for hydroxylation is 3. The first-order valence-corrected chi connectivity index (χ1v) is 13.0.